The Morgan fingerprint density at radius 1 is 0.339 bits per heavy atom. The predicted molar refractivity (Wildman–Crippen MR) is 232 cm³/mol. The maximum atomic E-state index is 2.58. The first kappa shape index (κ1) is 32.8. The third-order valence-corrected chi connectivity index (χ3v) is 13.1. The van der Waals surface area contributed by atoms with E-state index >= 15 is 0 Å². The second-order valence-corrected chi connectivity index (χ2v) is 15.7. The van der Waals surface area contributed by atoms with Crippen molar-refractivity contribution >= 4 is 11.4 Å². The van der Waals surface area contributed by atoms with Crippen LogP contribution in [0.25, 0.3) is 22.3 Å². The monoisotopic (exact) mass is 718 g/mol. The van der Waals surface area contributed by atoms with Crippen molar-refractivity contribution in [2.24, 2.45) is 0 Å². The fraction of sp³-hybridized carbons (Fsp3) is 0.111. The second-order valence-electron chi connectivity index (χ2n) is 15.7. The zero-order valence-electron chi connectivity index (χ0n) is 31.8. The number of benzene rings is 8. The number of fused-ring (bicyclic) bond motifs is 18. The van der Waals surface area contributed by atoms with E-state index in [1.165, 1.54) is 89.3 Å². The van der Waals surface area contributed by atoms with Gasteiger partial charge in [-0.1, -0.05) is 170 Å². The molecule has 2 spiro atoms. The Morgan fingerprint density at radius 2 is 0.661 bits per heavy atom. The van der Waals surface area contributed by atoms with E-state index in [-0.39, 0.29) is 0 Å². The van der Waals surface area contributed by atoms with Gasteiger partial charge in [-0.2, -0.15) is 0 Å². The molecule has 268 valence electrons. The highest BCUT2D eigenvalue weighted by atomic mass is 15.2. The van der Waals surface area contributed by atoms with Gasteiger partial charge in [-0.15, -0.1) is 0 Å². The molecule has 8 aromatic carbocycles. The van der Waals surface area contributed by atoms with Crippen LogP contribution in [0.5, 0.6) is 0 Å². The van der Waals surface area contributed by atoms with Crippen LogP contribution in [0.4, 0.5) is 11.4 Å². The lowest BCUT2D eigenvalue weighted by Crippen LogP contribution is -2.49. The van der Waals surface area contributed by atoms with Gasteiger partial charge >= 0.3 is 0 Å². The average molecular weight is 719 g/mol. The van der Waals surface area contributed by atoms with Crippen LogP contribution in [0, 0.1) is 0 Å². The van der Waals surface area contributed by atoms with E-state index in [1.54, 1.807) is 0 Å². The zero-order chi connectivity index (χ0) is 37.4. The average Bonchev–Trinajstić information content (AvgIpc) is 3.26. The van der Waals surface area contributed by atoms with Gasteiger partial charge in [0.2, 0.25) is 0 Å². The molecule has 1 heterocycles. The summed E-state index contributed by atoms with van der Waals surface area (Å²) in [5.74, 6) is 0. The summed E-state index contributed by atoms with van der Waals surface area (Å²) in [7, 11) is 4.63. The topological polar surface area (TPSA) is 6.48 Å². The molecule has 0 fully saturated rings. The van der Waals surface area contributed by atoms with Crippen molar-refractivity contribution in [3.63, 3.8) is 0 Å². The van der Waals surface area contributed by atoms with Crippen LogP contribution in [0.2, 0.25) is 0 Å². The summed E-state index contributed by atoms with van der Waals surface area (Å²) in [5, 5.41) is 0. The first-order chi connectivity index (χ1) is 27.6. The van der Waals surface area contributed by atoms with Crippen LogP contribution >= 0.6 is 0 Å². The summed E-state index contributed by atoms with van der Waals surface area (Å²) in [4.78, 5) is 5.16. The highest BCUT2D eigenvalue weighted by Crippen LogP contribution is 2.55. The summed E-state index contributed by atoms with van der Waals surface area (Å²) in [5.41, 5.74) is 19.2. The number of para-hydroxylation sites is 2. The van der Waals surface area contributed by atoms with Gasteiger partial charge in [0.25, 0.3) is 0 Å². The second kappa shape index (κ2) is 12.4. The number of nitrogens with zero attached hydrogens (tertiary/aromatic N) is 2. The number of hydrogen-bond donors (Lipinski definition) is 0. The Balaban J connectivity index is 1.30. The smallest absolute Gasteiger partial charge is 0.117 e. The molecule has 2 aliphatic carbocycles. The van der Waals surface area contributed by atoms with E-state index in [4.69, 9.17) is 0 Å². The van der Waals surface area contributed by atoms with Crippen molar-refractivity contribution in [2.45, 2.75) is 23.9 Å². The van der Waals surface area contributed by atoms with Gasteiger partial charge in [0, 0.05) is 36.6 Å². The molecule has 0 saturated carbocycles. The molecule has 2 nitrogen and oxygen atoms in total. The van der Waals surface area contributed by atoms with Crippen molar-refractivity contribution < 1.29 is 0 Å². The SMILES string of the molecule is CN1c2ccccc2-c2cccc(c2)C2(c3ccccc3Cc3ccccc32)N(C)c2ccccc2-c2cccc(c2)C12c1ccccc1Cc1ccccc12. The largest absolute Gasteiger partial charge is 0.356 e. The normalized spacial score (nSPS) is 15.4. The van der Waals surface area contributed by atoms with Crippen LogP contribution in [-0.2, 0) is 23.9 Å². The van der Waals surface area contributed by atoms with Gasteiger partial charge in [-0.05, 0) is 104 Å². The molecule has 0 atom stereocenters. The molecule has 3 aliphatic rings. The molecule has 0 aromatic heterocycles. The maximum absolute atomic E-state index is 2.58. The fourth-order valence-corrected chi connectivity index (χ4v) is 10.7. The van der Waals surface area contributed by atoms with Gasteiger partial charge in [0.05, 0.1) is 0 Å². The van der Waals surface area contributed by atoms with Gasteiger partial charge < -0.3 is 9.80 Å². The number of rotatable bonds is 0. The Hall–Kier alpha value is -6.64. The van der Waals surface area contributed by atoms with Gasteiger partial charge in [-0.25, -0.2) is 0 Å². The maximum Gasteiger partial charge on any atom is 0.117 e. The molecule has 0 radical (unpaired) electrons. The minimum absolute atomic E-state index is 0.609. The van der Waals surface area contributed by atoms with Gasteiger partial charge in [0.15, 0.2) is 0 Å². The molecule has 56 heavy (non-hydrogen) atoms. The van der Waals surface area contributed by atoms with Crippen molar-refractivity contribution in [3.05, 3.63) is 250 Å². The van der Waals surface area contributed by atoms with Gasteiger partial charge in [0.1, 0.15) is 11.1 Å². The predicted octanol–water partition coefficient (Wildman–Crippen LogP) is 12.0. The first-order valence-electron chi connectivity index (χ1n) is 19.8. The lowest BCUT2D eigenvalue weighted by molar-refractivity contribution is 0.576. The third-order valence-electron chi connectivity index (χ3n) is 13.1. The number of anilines is 2. The molecule has 8 aromatic rings. The van der Waals surface area contributed by atoms with E-state index in [9.17, 15) is 0 Å². The highest BCUT2D eigenvalue weighted by molar-refractivity contribution is 5.86. The molecular formula is C54H42N2. The molecule has 4 bridgehead atoms. The van der Waals surface area contributed by atoms with E-state index in [2.05, 4.69) is 218 Å². The summed E-state index contributed by atoms with van der Waals surface area (Å²) in [6, 6.07) is 73.3. The molecular weight excluding hydrogens is 677 g/mol. The first-order valence-corrected chi connectivity index (χ1v) is 19.8. The molecule has 1 aliphatic heterocycles. The summed E-state index contributed by atoms with van der Waals surface area (Å²) in [6.45, 7) is 0. The standard InChI is InChI=1S/C54H42N2/c1-55-51-31-13-7-25-45(51)37-21-16-24-44(36-37)54(49-29-11-5-19-41(49)34-42-20-6-12-30-50(42)54)56(2)52-32-14-8-26-46(52)38-22-15-23-43(35-38)53(55)47-27-9-3-17-39(47)33-40-18-4-10-28-48(40)53/h3-32,35-36H,33-34H2,1-2H3. The van der Waals surface area contributed by atoms with E-state index in [0.717, 1.165) is 12.8 Å². The van der Waals surface area contributed by atoms with Crippen LogP contribution in [0.15, 0.2) is 194 Å². The minimum Gasteiger partial charge on any atom is -0.356 e. The zero-order valence-corrected chi connectivity index (χ0v) is 31.8. The molecule has 0 amide bonds. The number of hydrogen-bond acceptors (Lipinski definition) is 2. The molecule has 0 N–H and O–H groups in total. The van der Waals surface area contributed by atoms with Crippen LogP contribution in [0.1, 0.15) is 55.6 Å². The molecule has 0 unspecified atom stereocenters. The lowest BCUT2D eigenvalue weighted by Gasteiger charge is -2.50. The molecule has 0 saturated heterocycles. The van der Waals surface area contributed by atoms with Crippen LogP contribution < -0.4 is 9.80 Å². The van der Waals surface area contributed by atoms with E-state index in [0.29, 0.717) is 0 Å². The highest BCUT2D eigenvalue weighted by Gasteiger charge is 2.48. The quantitative estimate of drug-likeness (QED) is 0.154. The van der Waals surface area contributed by atoms with Crippen LogP contribution in [0.3, 0.4) is 0 Å². The Bertz CT molecular complexity index is 2540. The Kier molecular flexibility index (Phi) is 7.28. The van der Waals surface area contributed by atoms with Crippen molar-refractivity contribution in [3.8, 4) is 22.3 Å². The molecule has 11 rings (SSSR count). The van der Waals surface area contributed by atoms with Crippen molar-refractivity contribution in [1.29, 1.82) is 0 Å². The van der Waals surface area contributed by atoms with Gasteiger partial charge in [-0.3, -0.25) is 0 Å². The van der Waals surface area contributed by atoms with Crippen molar-refractivity contribution in [2.75, 3.05) is 23.9 Å². The lowest BCUT2D eigenvalue weighted by atomic mass is 9.66. The summed E-state index contributed by atoms with van der Waals surface area (Å²) < 4.78 is 0. The minimum atomic E-state index is -0.609. The third kappa shape index (κ3) is 4.44. The fourth-order valence-electron chi connectivity index (χ4n) is 10.7. The summed E-state index contributed by atoms with van der Waals surface area (Å²) in [6.07, 6.45) is 1.81. The van der Waals surface area contributed by atoms with Crippen LogP contribution in [-0.4, -0.2) is 14.1 Å². The summed E-state index contributed by atoms with van der Waals surface area (Å²) >= 11 is 0. The Morgan fingerprint density at radius 3 is 1.04 bits per heavy atom. The Labute approximate surface area is 330 Å². The van der Waals surface area contributed by atoms with E-state index in [1.807, 2.05) is 0 Å². The molecule has 2 heteroatoms. The van der Waals surface area contributed by atoms with E-state index < -0.39 is 11.1 Å². The van der Waals surface area contributed by atoms with Crippen molar-refractivity contribution in [1.82, 2.24) is 0 Å².